The van der Waals surface area contributed by atoms with Crippen LogP contribution < -0.4 is 5.32 Å². The summed E-state index contributed by atoms with van der Waals surface area (Å²) in [5.41, 5.74) is 2.62. The molecule has 0 radical (unpaired) electrons. The van der Waals surface area contributed by atoms with Crippen LogP contribution in [0.3, 0.4) is 0 Å². The van der Waals surface area contributed by atoms with Crippen molar-refractivity contribution < 1.29 is 18.4 Å². The minimum Gasteiger partial charge on any atom is -0.354 e. The van der Waals surface area contributed by atoms with Crippen molar-refractivity contribution in [2.45, 2.75) is 38.8 Å². The van der Waals surface area contributed by atoms with E-state index in [1.54, 1.807) is 0 Å². The predicted octanol–water partition coefficient (Wildman–Crippen LogP) is 3.38. The van der Waals surface area contributed by atoms with E-state index in [4.69, 9.17) is 0 Å². The van der Waals surface area contributed by atoms with Gasteiger partial charge in [0.05, 0.1) is 5.56 Å². The monoisotopic (exact) mass is 441 g/mol. The molecule has 0 saturated carbocycles. The number of likely N-dealkylation sites (tertiary alicyclic amines) is 1. The van der Waals surface area contributed by atoms with Crippen molar-refractivity contribution in [2.24, 2.45) is 5.92 Å². The second-order valence-electron chi connectivity index (χ2n) is 8.77. The Balaban J connectivity index is 1.24. The van der Waals surface area contributed by atoms with Gasteiger partial charge in [-0.2, -0.15) is 0 Å². The Morgan fingerprint density at radius 1 is 1.06 bits per heavy atom. The molecule has 0 aliphatic carbocycles. The molecule has 7 heteroatoms. The van der Waals surface area contributed by atoms with Gasteiger partial charge >= 0.3 is 0 Å². The number of hydrogen-bond acceptors (Lipinski definition) is 3. The fourth-order valence-corrected chi connectivity index (χ4v) is 4.59. The van der Waals surface area contributed by atoms with E-state index in [2.05, 4.69) is 41.4 Å². The largest absolute Gasteiger partial charge is 0.354 e. The highest BCUT2D eigenvalue weighted by atomic mass is 19.1. The summed E-state index contributed by atoms with van der Waals surface area (Å²) in [4.78, 5) is 29.2. The van der Waals surface area contributed by atoms with E-state index >= 15 is 0 Å². The van der Waals surface area contributed by atoms with Crippen molar-refractivity contribution in [3.8, 4) is 0 Å². The fourth-order valence-electron chi connectivity index (χ4n) is 4.59. The number of carbonyl (C=O) groups excluding carboxylic acids is 2. The first-order valence-electron chi connectivity index (χ1n) is 11.2. The SMILES string of the molecule is CC(CNC(=O)C1CCN(C(=O)c2ccc(F)cc2F)CC1)N1CCc2ccccc2C1. The molecule has 0 spiro atoms. The van der Waals surface area contributed by atoms with E-state index in [0.29, 0.717) is 32.5 Å². The van der Waals surface area contributed by atoms with E-state index in [9.17, 15) is 18.4 Å². The van der Waals surface area contributed by atoms with E-state index < -0.39 is 17.5 Å². The molecule has 1 N–H and O–H groups in total. The van der Waals surface area contributed by atoms with Gasteiger partial charge in [-0.25, -0.2) is 8.78 Å². The lowest BCUT2D eigenvalue weighted by Crippen LogP contribution is -2.47. The number of piperidine rings is 1. The van der Waals surface area contributed by atoms with Crippen molar-refractivity contribution >= 4 is 11.8 Å². The number of benzene rings is 2. The first-order valence-corrected chi connectivity index (χ1v) is 11.2. The zero-order chi connectivity index (χ0) is 22.7. The molecular formula is C25H29F2N3O2. The molecule has 32 heavy (non-hydrogen) atoms. The molecular weight excluding hydrogens is 412 g/mol. The zero-order valence-corrected chi connectivity index (χ0v) is 18.3. The zero-order valence-electron chi connectivity index (χ0n) is 18.3. The smallest absolute Gasteiger partial charge is 0.256 e. The summed E-state index contributed by atoms with van der Waals surface area (Å²) in [5, 5.41) is 3.08. The van der Waals surface area contributed by atoms with Crippen LogP contribution >= 0.6 is 0 Å². The third-order valence-electron chi connectivity index (χ3n) is 6.67. The molecule has 0 bridgehead atoms. The molecule has 2 aromatic carbocycles. The Morgan fingerprint density at radius 2 is 1.78 bits per heavy atom. The predicted molar refractivity (Wildman–Crippen MR) is 118 cm³/mol. The van der Waals surface area contributed by atoms with Gasteiger partial charge < -0.3 is 10.2 Å². The number of amides is 2. The topological polar surface area (TPSA) is 52.7 Å². The van der Waals surface area contributed by atoms with Crippen molar-refractivity contribution in [3.63, 3.8) is 0 Å². The summed E-state index contributed by atoms with van der Waals surface area (Å²) in [7, 11) is 0. The van der Waals surface area contributed by atoms with Gasteiger partial charge in [0.1, 0.15) is 11.6 Å². The molecule has 1 fully saturated rings. The maximum absolute atomic E-state index is 13.9. The maximum Gasteiger partial charge on any atom is 0.256 e. The maximum atomic E-state index is 13.9. The van der Waals surface area contributed by atoms with Gasteiger partial charge in [0.25, 0.3) is 5.91 Å². The van der Waals surface area contributed by atoms with Crippen molar-refractivity contribution in [1.29, 1.82) is 0 Å². The second-order valence-corrected chi connectivity index (χ2v) is 8.77. The average Bonchev–Trinajstić information content (AvgIpc) is 2.81. The number of nitrogens with zero attached hydrogens (tertiary/aromatic N) is 2. The van der Waals surface area contributed by atoms with Crippen LogP contribution in [0.5, 0.6) is 0 Å². The van der Waals surface area contributed by atoms with Gasteiger partial charge in [-0.1, -0.05) is 24.3 Å². The first-order chi connectivity index (χ1) is 15.4. The van der Waals surface area contributed by atoms with Crippen LogP contribution in [0.2, 0.25) is 0 Å². The molecule has 0 aromatic heterocycles. The van der Waals surface area contributed by atoms with Gasteiger partial charge in [-0.15, -0.1) is 0 Å². The molecule has 1 saturated heterocycles. The highest BCUT2D eigenvalue weighted by Gasteiger charge is 2.29. The van der Waals surface area contributed by atoms with Gasteiger partial charge in [0.15, 0.2) is 0 Å². The lowest BCUT2D eigenvalue weighted by molar-refractivity contribution is -0.126. The summed E-state index contributed by atoms with van der Waals surface area (Å²) in [6.45, 7) is 5.36. The summed E-state index contributed by atoms with van der Waals surface area (Å²) < 4.78 is 27.0. The summed E-state index contributed by atoms with van der Waals surface area (Å²) in [5.74, 6) is -2.18. The molecule has 4 rings (SSSR count). The number of carbonyl (C=O) groups is 2. The normalized spacial score (nSPS) is 18.2. The second kappa shape index (κ2) is 9.77. The van der Waals surface area contributed by atoms with Crippen molar-refractivity contribution in [1.82, 2.24) is 15.1 Å². The molecule has 1 atom stereocenters. The lowest BCUT2D eigenvalue weighted by Gasteiger charge is -2.35. The Labute approximate surface area is 187 Å². The molecule has 170 valence electrons. The number of rotatable bonds is 5. The molecule has 2 aliphatic rings. The number of hydrogen-bond donors (Lipinski definition) is 1. The minimum absolute atomic E-state index is 0.00863. The van der Waals surface area contributed by atoms with Gasteiger partial charge in [0.2, 0.25) is 5.91 Å². The van der Waals surface area contributed by atoms with E-state index in [-0.39, 0.29) is 23.4 Å². The molecule has 1 unspecified atom stereocenters. The molecule has 5 nitrogen and oxygen atoms in total. The highest BCUT2D eigenvalue weighted by Crippen LogP contribution is 2.22. The van der Waals surface area contributed by atoms with Crippen LogP contribution in [0.25, 0.3) is 0 Å². The molecule has 2 aromatic rings. The summed E-state index contributed by atoms with van der Waals surface area (Å²) in [6, 6.07) is 11.7. The van der Waals surface area contributed by atoms with Crippen LogP contribution in [0.15, 0.2) is 42.5 Å². The van der Waals surface area contributed by atoms with E-state index in [0.717, 1.165) is 31.6 Å². The Bertz CT molecular complexity index is 989. The van der Waals surface area contributed by atoms with Crippen LogP contribution in [0.1, 0.15) is 41.3 Å². The number of halogens is 2. The molecule has 2 amide bonds. The van der Waals surface area contributed by atoms with Gasteiger partial charge in [0, 0.05) is 50.7 Å². The number of nitrogens with one attached hydrogen (secondary N) is 1. The number of fused-ring (bicyclic) bond motifs is 1. The standard InChI is InChI=1S/C25H29F2N3O2/c1-17(30-13-8-18-4-2-3-5-20(18)16-30)15-28-24(31)19-9-11-29(12-10-19)25(32)22-7-6-21(26)14-23(22)27/h2-7,14,17,19H,8-13,15-16H2,1H3,(H,28,31). The third kappa shape index (κ3) is 4.99. The Hall–Kier alpha value is -2.80. The fraction of sp³-hybridized carbons (Fsp3) is 0.440. The van der Waals surface area contributed by atoms with Crippen LogP contribution in [-0.2, 0) is 17.8 Å². The molecule has 2 heterocycles. The first kappa shape index (κ1) is 22.4. The summed E-state index contributed by atoms with van der Waals surface area (Å²) in [6.07, 6.45) is 2.09. The van der Waals surface area contributed by atoms with Crippen LogP contribution in [0, 0.1) is 17.6 Å². The van der Waals surface area contributed by atoms with E-state index in [1.165, 1.54) is 22.1 Å². The van der Waals surface area contributed by atoms with Crippen LogP contribution in [-0.4, -0.2) is 53.8 Å². The third-order valence-corrected chi connectivity index (χ3v) is 6.67. The van der Waals surface area contributed by atoms with Gasteiger partial charge in [-0.3, -0.25) is 14.5 Å². The molecule has 2 aliphatic heterocycles. The van der Waals surface area contributed by atoms with Crippen molar-refractivity contribution in [2.75, 3.05) is 26.2 Å². The highest BCUT2D eigenvalue weighted by molar-refractivity contribution is 5.94. The Kier molecular flexibility index (Phi) is 6.84. The summed E-state index contributed by atoms with van der Waals surface area (Å²) >= 11 is 0. The lowest BCUT2D eigenvalue weighted by atomic mass is 9.95. The average molecular weight is 442 g/mol. The van der Waals surface area contributed by atoms with Crippen molar-refractivity contribution in [3.05, 3.63) is 70.8 Å². The quantitative estimate of drug-likeness (QED) is 0.774. The van der Waals surface area contributed by atoms with Gasteiger partial charge in [-0.05, 0) is 49.4 Å². The minimum atomic E-state index is -0.857. The van der Waals surface area contributed by atoms with Crippen LogP contribution in [0.4, 0.5) is 8.78 Å². The van der Waals surface area contributed by atoms with E-state index in [1.807, 2.05) is 0 Å². The Morgan fingerprint density at radius 3 is 2.50 bits per heavy atom.